The van der Waals surface area contributed by atoms with Crippen molar-refractivity contribution >= 4 is 11.5 Å². The third-order valence-corrected chi connectivity index (χ3v) is 3.23. The first-order valence-electron chi connectivity index (χ1n) is 5.72. The number of hydrogen-bond donors (Lipinski definition) is 1. The zero-order valence-corrected chi connectivity index (χ0v) is 9.80. The van der Waals surface area contributed by atoms with Gasteiger partial charge in [-0.3, -0.25) is 0 Å². The Kier molecular flexibility index (Phi) is 2.24. The van der Waals surface area contributed by atoms with Gasteiger partial charge in [-0.1, -0.05) is 0 Å². The molecule has 0 fully saturated rings. The fraction of sp³-hybridized carbons (Fsp3) is 0.333. The number of aromatic nitrogens is 3. The standard InChI is InChI=1S/C12H15N5/c1-9-2-3-15-12(11(9)13)17-7-6-16-5-4-14-10(16)8-17/h2-5H,6-8,13H2,1H3. The van der Waals surface area contributed by atoms with Gasteiger partial charge in [0.05, 0.1) is 12.2 Å². The van der Waals surface area contributed by atoms with Gasteiger partial charge in [-0.2, -0.15) is 0 Å². The number of fused-ring (bicyclic) bond motifs is 1. The molecule has 88 valence electrons. The third kappa shape index (κ3) is 1.63. The number of hydrogen-bond acceptors (Lipinski definition) is 4. The number of pyridine rings is 1. The number of rotatable bonds is 1. The summed E-state index contributed by atoms with van der Waals surface area (Å²) in [6, 6.07) is 1.93. The van der Waals surface area contributed by atoms with Crippen LogP contribution in [0.4, 0.5) is 11.5 Å². The van der Waals surface area contributed by atoms with Crippen molar-refractivity contribution in [2.24, 2.45) is 0 Å². The number of imidazole rings is 1. The number of anilines is 2. The van der Waals surface area contributed by atoms with Gasteiger partial charge in [0.15, 0.2) is 5.82 Å². The van der Waals surface area contributed by atoms with Crippen molar-refractivity contribution in [1.29, 1.82) is 0 Å². The van der Waals surface area contributed by atoms with Crippen LogP contribution in [0.15, 0.2) is 24.7 Å². The lowest BCUT2D eigenvalue weighted by atomic mass is 10.2. The van der Waals surface area contributed by atoms with E-state index in [-0.39, 0.29) is 0 Å². The van der Waals surface area contributed by atoms with Gasteiger partial charge in [0.25, 0.3) is 0 Å². The zero-order chi connectivity index (χ0) is 11.8. The van der Waals surface area contributed by atoms with Gasteiger partial charge in [0.2, 0.25) is 0 Å². The van der Waals surface area contributed by atoms with Crippen molar-refractivity contribution in [3.05, 3.63) is 36.0 Å². The highest BCUT2D eigenvalue weighted by molar-refractivity contribution is 5.66. The highest BCUT2D eigenvalue weighted by Crippen LogP contribution is 2.26. The summed E-state index contributed by atoms with van der Waals surface area (Å²) in [5.74, 6) is 1.94. The number of nitrogen functional groups attached to an aromatic ring is 1. The fourth-order valence-electron chi connectivity index (χ4n) is 2.16. The van der Waals surface area contributed by atoms with Gasteiger partial charge in [0, 0.05) is 31.7 Å². The van der Waals surface area contributed by atoms with E-state index in [2.05, 4.69) is 19.4 Å². The molecule has 0 amide bonds. The maximum atomic E-state index is 6.08. The average Bonchev–Trinajstić information content (AvgIpc) is 2.79. The summed E-state index contributed by atoms with van der Waals surface area (Å²) in [5.41, 5.74) is 7.92. The topological polar surface area (TPSA) is 60.0 Å². The molecule has 17 heavy (non-hydrogen) atoms. The maximum Gasteiger partial charge on any atom is 0.152 e. The summed E-state index contributed by atoms with van der Waals surface area (Å²) in [6.07, 6.45) is 5.66. The Morgan fingerprint density at radius 2 is 2.12 bits per heavy atom. The predicted molar refractivity (Wildman–Crippen MR) is 66.7 cm³/mol. The monoisotopic (exact) mass is 229 g/mol. The van der Waals surface area contributed by atoms with Crippen LogP contribution in [0.1, 0.15) is 11.4 Å². The molecular formula is C12H15N5. The van der Waals surface area contributed by atoms with E-state index in [9.17, 15) is 0 Å². The van der Waals surface area contributed by atoms with Gasteiger partial charge in [-0.25, -0.2) is 9.97 Å². The van der Waals surface area contributed by atoms with E-state index < -0.39 is 0 Å². The van der Waals surface area contributed by atoms with Gasteiger partial charge in [-0.15, -0.1) is 0 Å². The minimum absolute atomic E-state index is 0.771. The first kappa shape index (κ1) is 10.1. The SMILES string of the molecule is Cc1ccnc(N2CCn3ccnc3C2)c1N. The Morgan fingerprint density at radius 1 is 1.24 bits per heavy atom. The second-order valence-electron chi connectivity index (χ2n) is 4.32. The zero-order valence-electron chi connectivity index (χ0n) is 9.80. The lowest BCUT2D eigenvalue weighted by Gasteiger charge is -2.29. The van der Waals surface area contributed by atoms with Crippen LogP contribution in [0.25, 0.3) is 0 Å². The molecule has 0 unspecified atom stereocenters. The van der Waals surface area contributed by atoms with Gasteiger partial charge in [-0.05, 0) is 18.6 Å². The second-order valence-corrected chi connectivity index (χ2v) is 4.32. The molecule has 0 radical (unpaired) electrons. The minimum atomic E-state index is 0.771. The van der Waals surface area contributed by atoms with Crippen molar-refractivity contribution in [3.63, 3.8) is 0 Å². The molecule has 0 aliphatic carbocycles. The largest absolute Gasteiger partial charge is 0.396 e. The van der Waals surface area contributed by atoms with Crippen LogP contribution < -0.4 is 10.6 Å². The molecule has 3 heterocycles. The van der Waals surface area contributed by atoms with Crippen LogP contribution in [0.5, 0.6) is 0 Å². The van der Waals surface area contributed by atoms with E-state index in [1.165, 1.54) is 0 Å². The molecule has 0 saturated carbocycles. The molecule has 2 aromatic heterocycles. The normalized spacial score (nSPS) is 14.8. The van der Waals surface area contributed by atoms with E-state index >= 15 is 0 Å². The summed E-state index contributed by atoms with van der Waals surface area (Å²) in [4.78, 5) is 10.9. The van der Waals surface area contributed by atoms with E-state index in [0.29, 0.717) is 0 Å². The summed E-state index contributed by atoms with van der Waals surface area (Å²) in [7, 11) is 0. The molecule has 1 aliphatic rings. The summed E-state index contributed by atoms with van der Waals surface area (Å²) in [5, 5.41) is 0. The molecular weight excluding hydrogens is 214 g/mol. The van der Waals surface area contributed by atoms with Crippen LogP contribution in [0.3, 0.4) is 0 Å². The van der Waals surface area contributed by atoms with Crippen molar-refractivity contribution < 1.29 is 0 Å². The van der Waals surface area contributed by atoms with Crippen LogP contribution in [-0.4, -0.2) is 21.1 Å². The van der Waals surface area contributed by atoms with Crippen LogP contribution >= 0.6 is 0 Å². The predicted octanol–water partition coefficient (Wildman–Crippen LogP) is 1.19. The van der Waals surface area contributed by atoms with Crippen molar-refractivity contribution in [1.82, 2.24) is 14.5 Å². The van der Waals surface area contributed by atoms with Crippen molar-refractivity contribution in [2.75, 3.05) is 17.2 Å². The van der Waals surface area contributed by atoms with E-state index in [1.54, 1.807) is 0 Å². The van der Waals surface area contributed by atoms with Crippen molar-refractivity contribution in [2.45, 2.75) is 20.0 Å². The third-order valence-electron chi connectivity index (χ3n) is 3.23. The maximum absolute atomic E-state index is 6.08. The van der Waals surface area contributed by atoms with E-state index in [4.69, 9.17) is 5.73 Å². The van der Waals surface area contributed by atoms with Gasteiger partial charge < -0.3 is 15.2 Å². The first-order chi connectivity index (χ1) is 8.25. The smallest absolute Gasteiger partial charge is 0.152 e. The molecule has 0 bridgehead atoms. The number of nitrogens with zero attached hydrogens (tertiary/aromatic N) is 4. The van der Waals surface area contributed by atoms with Crippen LogP contribution in [0.2, 0.25) is 0 Å². The minimum Gasteiger partial charge on any atom is -0.396 e. The Labute approximate surface area is 99.9 Å². The molecule has 0 saturated heterocycles. The van der Waals surface area contributed by atoms with Gasteiger partial charge >= 0.3 is 0 Å². The van der Waals surface area contributed by atoms with E-state index in [1.807, 2.05) is 31.6 Å². The van der Waals surface area contributed by atoms with Crippen LogP contribution in [-0.2, 0) is 13.1 Å². The second kappa shape index (κ2) is 3.76. The quantitative estimate of drug-likeness (QED) is 0.798. The van der Waals surface area contributed by atoms with Crippen molar-refractivity contribution in [3.8, 4) is 0 Å². The lowest BCUT2D eigenvalue weighted by Crippen LogP contribution is -2.34. The highest BCUT2D eigenvalue weighted by atomic mass is 15.3. The molecule has 2 N–H and O–H groups in total. The molecule has 3 rings (SSSR count). The Balaban J connectivity index is 1.94. The van der Waals surface area contributed by atoms with Crippen LogP contribution in [0, 0.1) is 6.92 Å². The summed E-state index contributed by atoms with van der Waals surface area (Å²) < 4.78 is 2.17. The molecule has 5 nitrogen and oxygen atoms in total. The molecule has 0 spiro atoms. The summed E-state index contributed by atoms with van der Waals surface area (Å²) >= 11 is 0. The molecule has 0 aromatic carbocycles. The van der Waals surface area contributed by atoms with Gasteiger partial charge in [0.1, 0.15) is 5.82 Å². The number of aryl methyl sites for hydroxylation is 1. The Morgan fingerprint density at radius 3 is 3.00 bits per heavy atom. The average molecular weight is 229 g/mol. The molecule has 5 heteroatoms. The Hall–Kier alpha value is -2.04. The fourth-order valence-corrected chi connectivity index (χ4v) is 2.16. The first-order valence-corrected chi connectivity index (χ1v) is 5.72. The molecule has 2 aromatic rings. The number of nitrogens with two attached hydrogens (primary N) is 1. The molecule has 0 atom stereocenters. The Bertz CT molecular complexity index is 546. The summed E-state index contributed by atoms with van der Waals surface area (Å²) in [6.45, 7) is 4.63. The van der Waals surface area contributed by atoms with E-state index in [0.717, 1.165) is 42.5 Å². The molecule has 1 aliphatic heterocycles. The highest BCUT2D eigenvalue weighted by Gasteiger charge is 2.19. The lowest BCUT2D eigenvalue weighted by molar-refractivity contribution is 0.556.